The summed E-state index contributed by atoms with van der Waals surface area (Å²) < 4.78 is 0. The van der Waals surface area contributed by atoms with E-state index in [2.05, 4.69) is 5.32 Å². The van der Waals surface area contributed by atoms with Gasteiger partial charge in [0.25, 0.3) is 0 Å². The number of carbonyl (C=O) groups is 2. The maximum atomic E-state index is 12.1. The monoisotopic (exact) mass is 274 g/mol. The molecule has 1 aliphatic rings. The standard InChI is InChI=1S/C12H22N2O3S/c1-4-14(12(2,3)10(15)16)11(17)13-9-6-5-7-18-8-9/h9H,4-8H2,1-3H3,(H,13,17)(H,15,16). The number of nitrogens with zero attached hydrogens (tertiary/aromatic N) is 1. The second-order valence-electron chi connectivity index (χ2n) is 4.97. The first kappa shape index (κ1) is 15.1. The Balaban J connectivity index is 2.64. The number of carboxylic acids is 1. The number of hydrogen-bond donors (Lipinski definition) is 2. The third-order valence-corrected chi connectivity index (χ3v) is 4.46. The Kier molecular flexibility index (Phi) is 5.31. The lowest BCUT2D eigenvalue weighted by Gasteiger charge is -2.35. The average Bonchev–Trinajstić information content (AvgIpc) is 2.30. The SMILES string of the molecule is CCN(C(=O)NC1CCCSC1)C(C)(C)C(=O)O. The quantitative estimate of drug-likeness (QED) is 0.820. The molecule has 0 saturated carbocycles. The molecule has 0 aliphatic carbocycles. The molecule has 6 heteroatoms. The van der Waals surface area contributed by atoms with E-state index in [1.54, 1.807) is 20.8 Å². The van der Waals surface area contributed by atoms with Crippen LogP contribution in [0.3, 0.4) is 0 Å². The molecular weight excluding hydrogens is 252 g/mol. The van der Waals surface area contributed by atoms with Gasteiger partial charge in [0.1, 0.15) is 5.54 Å². The van der Waals surface area contributed by atoms with Crippen molar-refractivity contribution in [2.24, 2.45) is 0 Å². The van der Waals surface area contributed by atoms with Crippen molar-refractivity contribution in [1.82, 2.24) is 10.2 Å². The van der Waals surface area contributed by atoms with Crippen LogP contribution in [-0.2, 0) is 4.79 Å². The van der Waals surface area contributed by atoms with Crippen molar-refractivity contribution in [1.29, 1.82) is 0 Å². The van der Waals surface area contributed by atoms with E-state index in [9.17, 15) is 14.7 Å². The summed E-state index contributed by atoms with van der Waals surface area (Å²) in [5, 5.41) is 12.1. The van der Waals surface area contributed by atoms with Gasteiger partial charge in [-0.1, -0.05) is 0 Å². The van der Waals surface area contributed by atoms with Gasteiger partial charge in [-0.15, -0.1) is 0 Å². The Labute approximate surface area is 112 Å². The summed E-state index contributed by atoms with van der Waals surface area (Å²) in [7, 11) is 0. The number of likely N-dealkylation sites (N-methyl/N-ethyl adjacent to an activating group) is 1. The second-order valence-corrected chi connectivity index (χ2v) is 6.12. The van der Waals surface area contributed by atoms with Gasteiger partial charge in [0.2, 0.25) is 0 Å². The molecular formula is C12H22N2O3S. The van der Waals surface area contributed by atoms with E-state index in [-0.39, 0.29) is 12.1 Å². The van der Waals surface area contributed by atoms with Crippen molar-refractivity contribution < 1.29 is 14.7 Å². The molecule has 0 bridgehead atoms. The van der Waals surface area contributed by atoms with Gasteiger partial charge in [0.15, 0.2) is 0 Å². The van der Waals surface area contributed by atoms with Gasteiger partial charge in [-0.05, 0) is 39.4 Å². The largest absolute Gasteiger partial charge is 0.480 e. The number of rotatable bonds is 4. The normalized spacial score (nSPS) is 20.3. The van der Waals surface area contributed by atoms with E-state index in [1.807, 2.05) is 11.8 Å². The third kappa shape index (κ3) is 3.54. The number of thioether (sulfide) groups is 1. The lowest BCUT2D eigenvalue weighted by Crippen LogP contribution is -2.57. The Morgan fingerprint density at radius 2 is 2.17 bits per heavy atom. The molecule has 5 nitrogen and oxygen atoms in total. The maximum Gasteiger partial charge on any atom is 0.329 e. The molecule has 1 unspecified atom stereocenters. The number of nitrogens with one attached hydrogen (secondary N) is 1. The van der Waals surface area contributed by atoms with Crippen LogP contribution in [0.25, 0.3) is 0 Å². The van der Waals surface area contributed by atoms with Crippen LogP contribution < -0.4 is 5.32 Å². The van der Waals surface area contributed by atoms with Crippen LogP contribution in [0.4, 0.5) is 4.79 Å². The lowest BCUT2D eigenvalue weighted by molar-refractivity contribution is -0.147. The molecule has 0 radical (unpaired) electrons. The Bertz CT molecular complexity index is 314. The van der Waals surface area contributed by atoms with Crippen LogP contribution in [-0.4, -0.2) is 51.6 Å². The van der Waals surface area contributed by atoms with Crippen molar-refractivity contribution in [2.45, 2.75) is 45.2 Å². The van der Waals surface area contributed by atoms with Gasteiger partial charge in [0, 0.05) is 18.3 Å². The summed E-state index contributed by atoms with van der Waals surface area (Å²) in [6.45, 7) is 5.27. The zero-order valence-electron chi connectivity index (χ0n) is 11.2. The first-order chi connectivity index (χ1) is 8.39. The molecule has 18 heavy (non-hydrogen) atoms. The molecule has 0 aromatic rings. The van der Waals surface area contributed by atoms with E-state index in [1.165, 1.54) is 4.90 Å². The van der Waals surface area contributed by atoms with Crippen molar-refractivity contribution in [3.05, 3.63) is 0 Å². The van der Waals surface area contributed by atoms with Gasteiger partial charge < -0.3 is 15.3 Å². The van der Waals surface area contributed by atoms with Gasteiger partial charge in [0.05, 0.1) is 0 Å². The fourth-order valence-corrected chi connectivity index (χ4v) is 3.09. The Hall–Kier alpha value is -0.910. The number of aliphatic carboxylic acids is 1. The van der Waals surface area contributed by atoms with Crippen molar-refractivity contribution in [3.63, 3.8) is 0 Å². The van der Waals surface area contributed by atoms with Crippen LogP contribution in [0.15, 0.2) is 0 Å². The van der Waals surface area contributed by atoms with Crippen LogP contribution >= 0.6 is 11.8 Å². The molecule has 0 spiro atoms. The predicted molar refractivity (Wildman–Crippen MR) is 73.0 cm³/mol. The molecule has 1 aliphatic heterocycles. The Morgan fingerprint density at radius 1 is 1.50 bits per heavy atom. The molecule has 0 aromatic carbocycles. The smallest absolute Gasteiger partial charge is 0.329 e. The fraction of sp³-hybridized carbons (Fsp3) is 0.833. The number of carboxylic acid groups (broad SMARTS) is 1. The zero-order chi connectivity index (χ0) is 13.8. The second kappa shape index (κ2) is 6.31. The Morgan fingerprint density at radius 3 is 2.61 bits per heavy atom. The van der Waals surface area contributed by atoms with Crippen molar-refractivity contribution in [3.8, 4) is 0 Å². The van der Waals surface area contributed by atoms with Gasteiger partial charge in [-0.3, -0.25) is 0 Å². The van der Waals surface area contributed by atoms with Crippen LogP contribution in [0.1, 0.15) is 33.6 Å². The minimum atomic E-state index is -1.18. The summed E-state index contributed by atoms with van der Waals surface area (Å²) >= 11 is 1.83. The molecule has 2 N–H and O–H groups in total. The summed E-state index contributed by atoms with van der Waals surface area (Å²) in [5.74, 6) is 1.07. The highest BCUT2D eigenvalue weighted by atomic mass is 32.2. The number of urea groups is 1. The molecule has 0 aromatic heterocycles. The highest BCUT2D eigenvalue weighted by molar-refractivity contribution is 7.99. The summed E-state index contributed by atoms with van der Waals surface area (Å²) in [5.41, 5.74) is -1.18. The van der Waals surface area contributed by atoms with E-state index in [0.29, 0.717) is 6.54 Å². The number of carbonyl (C=O) groups excluding carboxylic acids is 1. The lowest BCUT2D eigenvalue weighted by atomic mass is 10.0. The van der Waals surface area contributed by atoms with Crippen LogP contribution in [0, 0.1) is 0 Å². The van der Waals surface area contributed by atoms with Crippen molar-refractivity contribution >= 4 is 23.8 Å². The fourth-order valence-electron chi connectivity index (χ4n) is 2.02. The van der Waals surface area contributed by atoms with E-state index in [0.717, 1.165) is 24.3 Å². The molecule has 1 heterocycles. The van der Waals surface area contributed by atoms with Gasteiger partial charge in [-0.25, -0.2) is 9.59 Å². The average molecular weight is 274 g/mol. The van der Waals surface area contributed by atoms with E-state index in [4.69, 9.17) is 0 Å². The molecule has 1 saturated heterocycles. The maximum absolute atomic E-state index is 12.1. The summed E-state index contributed by atoms with van der Waals surface area (Å²) in [4.78, 5) is 24.7. The molecule has 1 rings (SSSR count). The first-order valence-electron chi connectivity index (χ1n) is 6.28. The molecule has 1 atom stereocenters. The van der Waals surface area contributed by atoms with Gasteiger partial charge >= 0.3 is 12.0 Å². The van der Waals surface area contributed by atoms with Crippen molar-refractivity contribution in [2.75, 3.05) is 18.1 Å². The summed E-state index contributed by atoms with van der Waals surface area (Å²) in [6, 6.07) is -0.118. The molecule has 104 valence electrons. The third-order valence-electron chi connectivity index (χ3n) is 3.25. The number of amides is 2. The molecule has 1 fully saturated rings. The van der Waals surface area contributed by atoms with Gasteiger partial charge in [-0.2, -0.15) is 11.8 Å². The minimum Gasteiger partial charge on any atom is -0.480 e. The summed E-state index contributed by atoms with van der Waals surface area (Å²) in [6.07, 6.45) is 2.08. The number of hydrogen-bond acceptors (Lipinski definition) is 3. The zero-order valence-corrected chi connectivity index (χ0v) is 12.0. The highest BCUT2D eigenvalue weighted by Gasteiger charge is 2.37. The predicted octanol–water partition coefficient (Wildman–Crippen LogP) is 1.78. The highest BCUT2D eigenvalue weighted by Crippen LogP contribution is 2.19. The van der Waals surface area contributed by atoms with Crippen LogP contribution in [0.5, 0.6) is 0 Å². The minimum absolute atomic E-state index is 0.162. The first-order valence-corrected chi connectivity index (χ1v) is 7.44. The van der Waals surface area contributed by atoms with E-state index < -0.39 is 11.5 Å². The topological polar surface area (TPSA) is 69.6 Å². The van der Waals surface area contributed by atoms with E-state index >= 15 is 0 Å². The van der Waals surface area contributed by atoms with Crippen LogP contribution in [0.2, 0.25) is 0 Å². The molecule has 2 amide bonds.